The van der Waals surface area contributed by atoms with Crippen molar-refractivity contribution in [1.29, 1.82) is 0 Å². The van der Waals surface area contributed by atoms with E-state index in [9.17, 15) is 4.79 Å². The van der Waals surface area contributed by atoms with Crippen molar-refractivity contribution in [2.75, 3.05) is 43.4 Å². The van der Waals surface area contributed by atoms with Gasteiger partial charge in [-0.3, -0.25) is 9.36 Å². The monoisotopic (exact) mass is 611 g/mol. The molecule has 10 heteroatoms. The first kappa shape index (κ1) is 31.5. The first-order valence-electron chi connectivity index (χ1n) is 15.6. The minimum atomic E-state index is -2.04. The third kappa shape index (κ3) is 6.17. The molecule has 0 unspecified atom stereocenters. The predicted octanol–water partition coefficient (Wildman–Crippen LogP) is 6.20. The summed E-state index contributed by atoms with van der Waals surface area (Å²) in [7, 11) is 0.120. The second-order valence-corrected chi connectivity index (χ2v) is 18.4. The minimum Gasteiger partial charge on any atom is -0.447 e. The molecule has 44 heavy (non-hydrogen) atoms. The Morgan fingerprint density at radius 2 is 1.64 bits per heavy atom. The van der Waals surface area contributed by atoms with Gasteiger partial charge < -0.3 is 19.5 Å². The van der Waals surface area contributed by atoms with Gasteiger partial charge >= 0.3 is 0 Å². The van der Waals surface area contributed by atoms with Gasteiger partial charge in [0.1, 0.15) is 26.5 Å². The average molecular weight is 612 g/mol. The number of benzene rings is 1. The highest BCUT2D eigenvalue weighted by atomic mass is 28.3. The largest absolute Gasteiger partial charge is 0.447 e. The molecule has 3 aromatic heterocycles. The van der Waals surface area contributed by atoms with Crippen molar-refractivity contribution in [2.24, 2.45) is 0 Å². The molecule has 0 bridgehead atoms. The number of hydrogen-bond acceptors (Lipinski definition) is 8. The van der Waals surface area contributed by atoms with Crippen LogP contribution in [0, 0.1) is 18.4 Å². The first-order chi connectivity index (χ1) is 21.0. The molecule has 1 aliphatic rings. The van der Waals surface area contributed by atoms with Gasteiger partial charge in [0.25, 0.3) is 5.56 Å². The Labute approximate surface area is 261 Å². The van der Waals surface area contributed by atoms with Crippen LogP contribution in [0.15, 0.2) is 52.1 Å². The highest BCUT2D eigenvalue weighted by Crippen LogP contribution is 2.41. The quantitative estimate of drug-likeness (QED) is 0.186. The molecule has 0 aliphatic carbocycles. The van der Waals surface area contributed by atoms with Crippen molar-refractivity contribution in [1.82, 2.24) is 24.4 Å². The third-order valence-corrected chi connectivity index (χ3v) is 15.6. The van der Waals surface area contributed by atoms with Gasteiger partial charge in [-0.1, -0.05) is 47.5 Å². The maximum Gasteiger partial charge on any atom is 0.256 e. The van der Waals surface area contributed by atoms with Gasteiger partial charge in [-0.25, -0.2) is 9.97 Å². The zero-order valence-corrected chi connectivity index (χ0v) is 28.3. The maximum absolute atomic E-state index is 13.9. The van der Waals surface area contributed by atoms with E-state index in [0.29, 0.717) is 45.2 Å². The van der Waals surface area contributed by atoms with E-state index in [1.165, 1.54) is 12.0 Å². The number of aromatic nitrogens is 4. The molecule has 1 fully saturated rings. The summed E-state index contributed by atoms with van der Waals surface area (Å²) in [6.07, 6.45) is 4.88. The number of fused-ring (bicyclic) bond motifs is 1. The summed E-state index contributed by atoms with van der Waals surface area (Å²) in [4.78, 5) is 32.5. The van der Waals surface area contributed by atoms with Crippen LogP contribution in [-0.2, 0) is 6.54 Å². The van der Waals surface area contributed by atoms with E-state index >= 15 is 0 Å². The van der Waals surface area contributed by atoms with Gasteiger partial charge in [0.15, 0.2) is 0 Å². The van der Waals surface area contributed by atoms with E-state index in [2.05, 4.69) is 92.3 Å². The second-order valence-electron chi connectivity index (χ2n) is 12.9. The van der Waals surface area contributed by atoms with Crippen molar-refractivity contribution in [3.05, 3.63) is 70.3 Å². The molecule has 1 saturated heterocycles. The van der Waals surface area contributed by atoms with E-state index in [0.717, 1.165) is 37.3 Å². The van der Waals surface area contributed by atoms with Gasteiger partial charge in [-0.15, -0.1) is 5.54 Å². The van der Waals surface area contributed by atoms with E-state index in [1.54, 1.807) is 17.0 Å². The molecular weight excluding hydrogens is 567 g/mol. The fourth-order valence-corrected chi connectivity index (χ4v) is 12.0. The van der Waals surface area contributed by atoms with Gasteiger partial charge in [0.2, 0.25) is 11.8 Å². The molecule has 0 amide bonds. The predicted molar refractivity (Wildman–Crippen MR) is 182 cm³/mol. The molecule has 0 radical (unpaired) electrons. The Bertz CT molecular complexity index is 1690. The van der Waals surface area contributed by atoms with Gasteiger partial charge in [-0.2, -0.15) is 4.98 Å². The van der Waals surface area contributed by atoms with Crippen LogP contribution in [0.25, 0.3) is 11.0 Å². The van der Waals surface area contributed by atoms with E-state index < -0.39 is 8.07 Å². The lowest BCUT2D eigenvalue weighted by Crippen LogP contribution is -2.44. The van der Waals surface area contributed by atoms with Crippen LogP contribution in [0.3, 0.4) is 0 Å². The van der Waals surface area contributed by atoms with Crippen molar-refractivity contribution >= 4 is 36.4 Å². The molecule has 1 aliphatic heterocycles. The zero-order valence-electron chi connectivity index (χ0n) is 27.3. The molecule has 4 heterocycles. The Morgan fingerprint density at radius 1 is 0.977 bits per heavy atom. The number of oxazole rings is 1. The summed E-state index contributed by atoms with van der Waals surface area (Å²) < 4.78 is 7.13. The number of likely N-dealkylation sites (N-methyl/N-ethyl adjacent to an activating group) is 1. The van der Waals surface area contributed by atoms with Gasteiger partial charge in [-0.05, 0) is 54.9 Å². The van der Waals surface area contributed by atoms with E-state index in [-0.39, 0.29) is 12.1 Å². The summed E-state index contributed by atoms with van der Waals surface area (Å²) in [5.74, 6) is 4.37. The Morgan fingerprint density at radius 3 is 2.23 bits per heavy atom. The van der Waals surface area contributed by atoms with Crippen molar-refractivity contribution in [2.45, 2.75) is 71.6 Å². The molecule has 0 saturated carbocycles. The molecule has 0 atom stereocenters. The van der Waals surface area contributed by atoms with Crippen LogP contribution >= 0.6 is 0 Å². The van der Waals surface area contributed by atoms with E-state index in [1.807, 2.05) is 19.1 Å². The Balaban J connectivity index is 1.57. The maximum atomic E-state index is 13.9. The lowest BCUT2D eigenvalue weighted by molar-refractivity contribution is 0.313. The summed E-state index contributed by atoms with van der Waals surface area (Å²) >= 11 is 0. The fraction of sp³-hybridized carbons (Fsp3) is 0.471. The minimum absolute atomic E-state index is 0.160. The molecule has 9 nitrogen and oxygen atoms in total. The molecule has 1 N–H and O–H groups in total. The van der Waals surface area contributed by atoms with E-state index in [4.69, 9.17) is 14.4 Å². The number of pyridine rings is 1. The number of piperazine rings is 1. The molecule has 232 valence electrons. The van der Waals surface area contributed by atoms with Crippen molar-refractivity contribution in [3.63, 3.8) is 0 Å². The summed E-state index contributed by atoms with van der Waals surface area (Å²) in [5, 5.41) is 4.09. The Kier molecular flexibility index (Phi) is 9.28. The standard InChI is InChI=1S/C34H45N7O2Si/c1-23(2)44(24(3)4,25(5)6)20-13-29-26(7)33(42)41(22-31-35-14-19-43-31)32-30(29)21-36-34(38-32)37-27-9-11-28(12-10-27)40-17-15-39(8)16-18-40/h9-12,14,19,21,23-25H,15-18,22H2,1-8H3,(H,36,37,38). The van der Waals surface area contributed by atoms with Crippen molar-refractivity contribution < 1.29 is 4.42 Å². The first-order valence-corrected chi connectivity index (χ1v) is 17.9. The SMILES string of the molecule is Cc1c(C#C[Si](C(C)C)(C(C)C)C(C)C)c2cnc(Nc3ccc(N4CCN(C)CC4)cc3)nc2n(Cc2ncco2)c1=O. The molecule has 0 spiro atoms. The molecule has 4 aromatic rings. The summed E-state index contributed by atoms with van der Waals surface area (Å²) in [6.45, 7) is 19.9. The summed E-state index contributed by atoms with van der Waals surface area (Å²) in [6, 6.07) is 8.33. The number of nitrogens with one attached hydrogen (secondary N) is 1. The van der Waals surface area contributed by atoms with Crippen LogP contribution in [0.1, 0.15) is 58.6 Å². The highest BCUT2D eigenvalue weighted by Gasteiger charge is 2.41. The molecule has 5 rings (SSSR count). The fourth-order valence-electron chi connectivity index (χ4n) is 6.75. The topological polar surface area (TPSA) is 92.3 Å². The lowest BCUT2D eigenvalue weighted by Gasteiger charge is -2.38. The molecule has 1 aromatic carbocycles. The van der Waals surface area contributed by atoms with Gasteiger partial charge in [0.05, 0.1) is 11.6 Å². The lowest BCUT2D eigenvalue weighted by atomic mass is 10.1. The van der Waals surface area contributed by atoms with Crippen LogP contribution in [0.5, 0.6) is 0 Å². The third-order valence-electron chi connectivity index (χ3n) is 9.27. The highest BCUT2D eigenvalue weighted by molar-refractivity contribution is 6.90. The van der Waals surface area contributed by atoms with Crippen LogP contribution in [-0.4, -0.2) is 65.7 Å². The van der Waals surface area contributed by atoms with Gasteiger partial charge in [0, 0.05) is 54.9 Å². The average Bonchev–Trinajstić information content (AvgIpc) is 3.51. The second kappa shape index (κ2) is 13.0. The Hall–Kier alpha value is -3.94. The zero-order chi connectivity index (χ0) is 31.6. The van der Waals surface area contributed by atoms with Crippen molar-refractivity contribution in [3.8, 4) is 11.5 Å². The summed E-state index contributed by atoms with van der Waals surface area (Å²) in [5.41, 5.74) is 8.92. The van der Waals surface area contributed by atoms with Crippen LogP contribution in [0.4, 0.5) is 17.3 Å². The van der Waals surface area contributed by atoms with Crippen LogP contribution in [0.2, 0.25) is 16.6 Å². The normalized spacial score (nSPS) is 14.5. The smallest absolute Gasteiger partial charge is 0.256 e. The number of nitrogens with zero attached hydrogens (tertiary/aromatic N) is 6. The number of anilines is 3. The molecular formula is C34H45N7O2Si. The van der Waals surface area contributed by atoms with Crippen LogP contribution < -0.4 is 15.8 Å². The number of rotatable bonds is 8. The number of hydrogen-bond donors (Lipinski definition) is 1.